The summed E-state index contributed by atoms with van der Waals surface area (Å²) in [6.45, 7) is 1.75. The Kier molecular flexibility index (Phi) is 4.18. The summed E-state index contributed by atoms with van der Waals surface area (Å²) in [5.74, 6) is -0.588. The molecular formula is C11H13BrO4. The van der Waals surface area contributed by atoms with Gasteiger partial charge < -0.3 is 14.9 Å². The molecule has 0 aliphatic rings. The van der Waals surface area contributed by atoms with E-state index in [0.717, 1.165) is 0 Å². The summed E-state index contributed by atoms with van der Waals surface area (Å²) in [5, 5.41) is 18.6. The van der Waals surface area contributed by atoms with Gasteiger partial charge in [0.2, 0.25) is 0 Å². The van der Waals surface area contributed by atoms with Gasteiger partial charge in [-0.2, -0.15) is 0 Å². The summed E-state index contributed by atoms with van der Waals surface area (Å²) >= 11 is 3.20. The minimum Gasteiger partial charge on any atom is -0.506 e. The fourth-order valence-electron chi connectivity index (χ4n) is 1.49. The molecule has 4 nitrogen and oxygen atoms in total. The van der Waals surface area contributed by atoms with Crippen LogP contribution in [0.15, 0.2) is 16.6 Å². The van der Waals surface area contributed by atoms with Crippen LogP contribution < -0.4 is 4.74 Å². The molecule has 0 bridgehead atoms. The van der Waals surface area contributed by atoms with Crippen molar-refractivity contribution in [3.63, 3.8) is 0 Å². The Morgan fingerprint density at radius 3 is 2.69 bits per heavy atom. The third-order valence-electron chi connectivity index (χ3n) is 2.34. The number of aromatic hydroxyl groups is 1. The number of hydrogen-bond acceptors (Lipinski definition) is 3. The zero-order valence-corrected chi connectivity index (χ0v) is 10.6. The molecule has 5 heteroatoms. The molecule has 16 heavy (non-hydrogen) atoms. The Hall–Kier alpha value is -1.23. The van der Waals surface area contributed by atoms with Crippen molar-refractivity contribution in [3.05, 3.63) is 22.2 Å². The van der Waals surface area contributed by atoms with Gasteiger partial charge in [-0.25, -0.2) is 0 Å². The molecular weight excluding hydrogens is 276 g/mol. The van der Waals surface area contributed by atoms with Crippen molar-refractivity contribution in [1.82, 2.24) is 0 Å². The van der Waals surface area contributed by atoms with Gasteiger partial charge in [-0.1, -0.05) is 13.0 Å². The van der Waals surface area contributed by atoms with Gasteiger partial charge in [-0.15, -0.1) is 0 Å². The summed E-state index contributed by atoms with van der Waals surface area (Å²) in [4.78, 5) is 10.6. The number of phenols is 1. The second-order valence-corrected chi connectivity index (χ2v) is 4.31. The Labute approximate surface area is 102 Å². The third kappa shape index (κ3) is 2.66. The predicted octanol–water partition coefficient (Wildman–Crippen LogP) is 2.74. The van der Waals surface area contributed by atoms with Crippen molar-refractivity contribution in [1.29, 1.82) is 0 Å². The number of halogens is 1. The maximum atomic E-state index is 10.6. The van der Waals surface area contributed by atoms with Gasteiger partial charge in [0, 0.05) is 0 Å². The van der Waals surface area contributed by atoms with Crippen molar-refractivity contribution >= 4 is 21.9 Å². The molecule has 0 aliphatic carbocycles. The Morgan fingerprint density at radius 2 is 2.19 bits per heavy atom. The molecule has 0 spiro atoms. The van der Waals surface area contributed by atoms with Crippen LogP contribution in [-0.4, -0.2) is 23.3 Å². The van der Waals surface area contributed by atoms with Gasteiger partial charge in [-0.05, 0) is 33.5 Å². The molecule has 1 aromatic carbocycles. The second kappa shape index (κ2) is 5.21. The average molecular weight is 289 g/mol. The highest BCUT2D eigenvalue weighted by Gasteiger charge is 2.17. The number of phenolic OH excluding ortho intramolecular Hbond substituents is 1. The first kappa shape index (κ1) is 12.8. The fourth-order valence-corrected chi connectivity index (χ4v) is 2.01. The lowest BCUT2D eigenvalue weighted by Crippen LogP contribution is -2.03. The van der Waals surface area contributed by atoms with E-state index in [2.05, 4.69) is 15.9 Å². The van der Waals surface area contributed by atoms with E-state index in [1.54, 1.807) is 19.1 Å². The molecule has 2 N–H and O–H groups in total. The van der Waals surface area contributed by atoms with E-state index in [-0.39, 0.29) is 18.1 Å². The highest BCUT2D eigenvalue weighted by atomic mass is 79.9. The lowest BCUT2D eigenvalue weighted by atomic mass is 9.97. The fraction of sp³-hybridized carbons (Fsp3) is 0.364. The summed E-state index contributed by atoms with van der Waals surface area (Å²) < 4.78 is 5.47. The first-order valence-corrected chi connectivity index (χ1v) is 5.53. The van der Waals surface area contributed by atoms with Crippen LogP contribution in [0, 0.1) is 0 Å². The van der Waals surface area contributed by atoms with E-state index >= 15 is 0 Å². The largest absolute Gasteiger partial charge is 0.506 e. The summed E-state index contributed by atoms with van der Waals surface area (Å²) in [5.41, 5.74) is 0.593. The molecule has 0 fully saturated rings. The highest BCUT2D eigenvalue weighted by molar-refractivity contribution is 9.10. The Bertz CT molecular complexity index is 403. The lowest BCUT2D eigenvalue weighted by molar-refractivity contribution is -0.137. The summed E-state index contributed by atoms with van der Waals surface area (Å²) in [6, 6.07) is 3.37. The van der Waals surface area contributed by atoms with Crippen LogP contribution >= 0.6 is 15.9 Å². The normalized spacial score (nSPS) is 12.2. The molecule has 1 rings (SSSR count). The second-order valence-electron chi connectivity index (χ2n) is 3.52. The molecule has 0 amide bonds. The van der Waals surface area contributed by atoms with Crippen LogP contribution in [-0.2, 0) is 4.79 Å². The van der Waals surface area contributed by atoms with Gasteiger partial charge in [-0.3, -0.25) is 4.79 Å². The first-order valence-electron chi connectivity index (χ1n) is 4.74. The van der Waals surface area contributed by atoms with Crippen LogP contribution in [0.5, 0.6) is 11.5 Å². The molecule has 0 radical (unpaired) electrons. The predicted molar refractivity (Wildman–Crippen MR) is 63.0 cm³/mol. The van der Waals surface area contributed by atoms with Crippen LogP contribution in [0.3, 0.4) is 0 Å². The number of hydrogen-bond donors (Lipinski definition) is 2. The number of benzene rings is 1. The van der Waals surface area contributed by atoms with Crippen molar-refractivity contribution in [2.75, 3.05) is 7.11 Å². The molecule has 0 saturated heterocycles. The highest BCUT2D eigenvalue weighted by Crippen LogP contribution is 2.39. The van der Waals surface area contributed by atoms with Gasteiger partial charge in [0.1, 0.15) is 16.0 Å². The Balaban J connectivity index is 3.06. The molecule has 0 aliphatic heterocycles. The van der Waals surface area contributed by atoms with E-state index in [1.807, 2.05) is 0 Å². The molecule has 1 aromatic rings. The molecule has 1 atom stereocenters. The van der Waals surface area contributed by atoms with Crippen LogP contribution in [0.2, 0.25) is 0 Å². The number of aliphatic carboxylic acids is 1. The molecule has 0 saturated carbocycles. The van der Waals surface area contributed by atoms with Crippen molar-refractivity contribution < 1.29 is 19.7 Å². The van der Waals surface area contributed by atoms with Gasteiger partial charge in [0.05, 0.1) is 13.5 Å². The SMILES string of the molecule is COc1ccc(C(C)CC(=O)O)c(O)c1Br. The van der Waals surface area contributed by atoms with Crippen molar-refractivity contribution in [2.24, 2.45) is 0 Å². The Morgan fingerprint density at radius 1 is 1.56 bits per heavy atom. The van der Waals surface area contributed by atoms with Crippen molar-refractivity contribution in [2.45, 2.75) is 19.3 Å². The van der Waals surface area contributed by atoms with Crippen LogP contribution in [0.1, 0.15) is 24.8 Å². The number of carboxylic acids is 1. The summed E-state index contributed by atoms with van der Waals surface area (Å²) in [7, 11) is 1.50. The van der Waals surface area contributed by atoms with E-state index in [1.165, 1.54) is 7.11 Å². The lowest BCUT2D eigenvalue weighted by Gasteiger charge is -2.14. The number of ether oxygens (including phenoxy) is 1. The minimum atomic E-state index is -0.890. The maximum Gasteiger partial charge on any atom is 0.303 e. The van der Waals surface area contributed by atoms with E-state index in [4.69, 9.17) is 9.84 Å². The molecule has 0 heterocycles. The zero-order chi connectivity index (χ0) is 12.3. The summed E-state index contributed by atoms with van der Waals surface area (Å²) in [6.07, 6.45) is -0.0215. The van der Waals surface area contributed by atoms with Gasteiger partial charge >= 0.3 is 5.97 Å². The topological polar surface area (TPSA) is 66.8 Å². The van der Waals surface area contributed by atoms with Crippen LogP contribution in [0.25, 0.3) is 0 Å². The first-order chi connectivity index (χ1) is 7.47. The van der Waals surface area contributed by atoms with Gasteiger partial charge in [0.25, 0.3) is 0 Å². The monoisotopic (exact) mass is 288 g/mol. The van der Waals surface area contributed by atoms with E-state index in [9.17, 15) is 9.90 Å². The number of rotatable bonds is 4. The number of methoxy groups -OCH3 is 1. The smallest absolute Gasteiger partial charge is 0.303 e. The third-order valence-corrected chi connectivity index (χ3v) is 3.11. The average Bonchev–Trinajstić information content (AvgIpc) is 2.20. The molecule has 88 valence electrons. The zero-order valence-electron chi connectivity index (χ0n) is 9.03. The van der Waals surface area contributed by atoms with Crippen molar-refractivity contribution in [3.8, 4) is 11.5 Å². The quantitative estimate of drug-likeness (QED) is 0.894. The standard InChI is InChI=1S/C11H13BrO4/c1-6(5-9(13)14)7-3-4-8(16-2)10(12)11(7)15/h3-4,6,15H,5H2,1-2H3,(H,13,14). The molecule has 1 unspecified atom stereocenters. The minimum absolute atomic E-state index is 0.0215. The molecule has 0 aromatic heterocycles. The van der Waals surface area contributed by atoms with E-state index in [0.29, 0.717) is 15.8 Å². The maximum absolute atomic E-state index is 10.6. The number of carboxylic acid groups (broad SMARTS) is 1. The number of carbonyl (C=O) groups is 1. The van der Waals surface area contributed by atoms with E-state index < -0.39 is 5.97 Å². The van der Waals surface area contributed by atoms with Gasteiger partial charge in [0.15, 0.2) is 0 Å². The van der Waals surface area contributed by atoms with Crippen LogP contribution in [0.4, 0.5) is 0 Å².